The molecule has 1 N–H and O–H groups in total. The predicted octanol–water partition coefficient (Wildman–Crippen LogP) is 4.81. The van der Waals surface area contributed by atoms with Gasteiger partial charge in [0.2, 0.25) is 5.91 Å². The second-order valence-corrected chi connectivity index (χ2v) is 8.46. The van der Waals surface area contributed by atoms with Gasteiger partial charge in [0.05, 0.1) is 19.1 Å². The molecule has 1 heterocycles. The maximum Gasteiger partial charge on any atom is 0.227 e. The van der Waals surface area contributed by atoms with Crippen molar-refractivity contribution in [2.45, 2.75) is 51.1 Å². The van der Waals surface area contributed by atoms with Gasteiger partial charge in [0.25, 0.3) is 0 Å². The molecule has 2 aromatic rings. The lowest BCUT2D eigenvalue weighted by Gasteiger charge is -2.43. The van der Waals surface area contributed by atoms with Crippen LogP contribution in [0.5, 0.6) is 5.75 Å². The number of rotatable bonds is 7. The lowest BCUT2D eigenvalue weighted by Crippen LogP contribution is -2.53. The summed E-state index contributed by atoms with van der Waals surface area (Å²) in [6.07, 6.45) is 2.17. The number of methoxy groups -OCH3 is 1. The Kier molecular flexibility index (Phi) is 6.76. The van der Waals surface area contributed by atoms with Crippen LogP contribution >= 0.6 is 0 Å². The fourth-order valence-electron chi connectivity index (χ4n) is 4.17. The molecule has 0 aliphatic carbocycles. The van der Waals surface area contributed by atoms with Crippen LogP contribution in [0, 0.1) is 11.6 Å². The lowest BCUT2D eigenvalue weighted by atomic mass is 9.86. The predicted molar refractivity (Wildman–Crippen MR) is 114 cm³/mol. The van der Waals surface area contributed by atoms with Gasteiger partial charge in [0.1, 0.15) is 5.75 Å². The summed E-state index contributed by atoms with van der Waals surface area (Å²) in [5.74, 6) is -1.73. The topological polar surface area (TPSA) is 41.6 Å². The van der Waals surface area contributed by atoms with E-state index >= 15 is 0 Å². The van der Waals surface area contributed by atoms with Crippen molar-refractivity contribution >= 4 is 5.91 Å². The van der Waals surface area contributed by atoms with Gasteiger partial charge in [-0.3, -0.25) is 9.69 Å². The number of likely N-dealkylation sites (tertiary alicyclic amines) is 1. The van der Waals surface area contributed by atoms with Gasteiger partial charge < -0.3 is 10.1 Å². The van der Waals surface area contributed by atoms with Crippen molar-refractivity contribution in [2.24, 2.45) is 0 Å². The highest BCUT2D eigenvalue weighted by Crippen LogP contribution is 2.35. The van der Waals surface area contributed by atoms with Crippen LogP contribution in [-0.4, -0.2) is 36.5 Å². The third kappa shape index (κ3) is 4.64. The Morgan fingerprint density at radius 1 is 1.07 bits per heavy atom. The number of nitrogens with zero attached hydrogens (tertiary/aromatic N) is 1. The van der Waals surface area contributed by atoms with Crippen molar-refractivity contribution < 1.29 is 18.3 Å². The molecular formula is C24H30F2N2O2. The number of halogens is 2. The largest absolute Gasteiger partial charge is 0.497 e. The summed E-state index contributed by atoms with van der Waals surface area (Å²) in [5.41, 5.74) is 0.914. The fourth-order valence-corrected chi connectivity index (χ4v) is 4.17. The molecule has 1 fully saturated rings. The van der Waals surface area contributed by atoms with Gasteiger partial charge in [-0.2, -0.15) is 0 Å². The summed E-state index contributed by atoms with van der Waals surface area (Å²) in [6.45, 7) is 7.74. The van der Waals surface area contributed by atoms with E-state index in [1.807, 2.05) is 45.0 Å². The molecule has 1 aliphatic rings. The van der Waals surface area contributed by atoms with Crippen molar-refractivity contribution in [1.29, 1.82) is 0 Å². The molecule has 1 amide bonds. The number of carbonyl (C=O) groups is 1. The number of hydrogen-bond acceptors (Lipinski definition) is 3. The standard InChI is InChI=1S/C24H30F2N2O2/c1-16(17-8-7-9-19(14-17)30-4)23(29)27-22(18-10-11-20(25)21(26)15-18)24(2,3)28-12-5-6-13-28/h7-11,14-16,22H,5-6,12-13H2,1-4H3,(H,27,29). The summed E-state index contributed by atoms with van der Waals surface area (Å²) in [4.78, 5) is 15.5. The number of carbonyl (C=O) groups excluding carboxylic acids is 1. The second kappa shape index (κ2) is 9.13. The highest BCUT2D eigenvalue weighted by atomic mass is 19.2. The summed E-state index contributed by atoms with van der Waals surface area (Å²) in [6, 6.07) is 10.8. The molecule has 0 spiro atoms. The molecule has 2 aromatic carbocycles. The summed E-state index contributed by atoms with van der Waals surface area (Å²) in [5, 5.41) is 3.12. The molecule has 2 unspecified atom stereocenters. The quantitative estimate of drug-likeness (QED) is 0.704. The fraction of sp³-hybridized carbons (Fsp3) is 0.458. The molecule has 30 heavy (non-hydrogen) atoms. The minimum atomic E-state index is -0.912. The smallest absolute Gasteiger partial charge is 0.227 e. The average molecular weight is 417 g/mol. The van der Waals surface area contributed by atoms with Crippen LogP contribution in [0.15, 0.2) is 42.5 Å². The number of ether oxygens (including phenoxy) is 1. The Hall–Kier alpha value is -2.47. The van der Waals surface area contributed by atoms with Gasteiger partial charge in [-0.05, 0) is 82.1 Å². The zero-order valence-electron chi connectivity index (χ0n) is 18.0. The Balaban J connectivity index is 1.91. The number of hydrogen-bond donors (Lipinski definition) is 1. The van der Waals surface area contributed by atoms with E-state index in [9.17, 15) is 13.6 Å². The monoisotopic (exact) mass is 416 g/mol. The van der Waals surface area contributed by atoms with Crippen LogP contribution in [0.3, 0.4) is 0 Å². The van der Waals surface area contributed by atoms with Crippen LogP contribution in [0.2, 0.25) is 0 Å². The second-order valence-electron chi connectivity index (χ2n) is 8.46. The van der Waals surface area contributed by atoms with Crippen molar-refractivity contribution in [3.63, 3.8) is 0 Å². The van der Waals surface area contributed by atoms with E-state index in [0.717, 1.165) is 37.6 Å². The van der Waals surface area contributed by atoms with Crippen LogP contribution in [0.1, 0.15) is 56.7 Å². The van der Waals surface area contributed by atoms with Gasteiger partial charge in [0, 0.05) is 5.54 Å². The molecule has 2 atom stereocenters. The van der Waals surface area contributed by atoms with Gasteiger partial charge in [0.15, 0.2) is 11.6 Å². The summed E-state index contributed by atoms with van der Waals surface area (Å²) < 4.78 is 32.9. The van der Waals surface area contributed by atoms with Gasteiger partial charge in [-0.1, -0.05) is 18.2 Å². The van der Waals surface area contributed by atoms with E-state index in [1.54, 1.807) is 13.2 Å². The van der Waals surface area contributed by atoms with E-state index in [-0.39, 0.29) is 5.91 Å². The first-order valence-corrected chi connectivity index (χ1v) is 10.4. The van der Waals surface area contributed by atoms with Gasteiger partial charge in [-0.15, -0.1) is 0 Å². The third-order valence-corrected chi connectivity index (χ3v) is 6.18. The van der Waals surface area contributed by atoms with Crippen LogP contribution < -0.4 is 10.1 Å². The summed E-state index contributed by atoms with van der Waals surface area (Å²) >= 11 is 0. The highest BCUT2D eigenvalue weighted by Gasteiger charge is 2.39. The van der Waals surface area contributed by atoms with E-state index in [2.05, 4.69) is 10.2 Å². The SMILES string of the molecule is COc1cccc(C(C)C(=O)NC(c2ccc(F)c(F)c2)C(C)(C)N2CCCC2)c1. The minimum Gasteiger partial charge on any atom is -0.497 e. The molecule has 6 heteroatoms. The minimum absolute atomic E-state index is 0.176. The first-order valence-electron chi connectivity index (χ1n) is 10.4. The average Bonchev–Trinajstić information content (AvgIpc) is 3.29. The van der Waals surface area contributed by atoms with Crippen molar-refractivity contribution in [3.05, 3.63) is 65.2 Å². The maximum atomic E-state index is 14.0. The van der Waals surface area contributed by atoms with Gasteiger partial charge >= 0.3 is 0 Å². The van der Waals surface area contributed by atoms with E-state index in [4.69, 9.17) is 4.74 Å². The molecule has 0 radical (unpaired) electrons. The van der Waals surface area contributed by atoms with Crippen LogP contribution in [0.4, 0.5) is 8.78 Å². The van der Waals surface area contributed by atoms with E-state index in [0.29, 0.717) is 11.3 Å². The number of amides is 1. The van der Waals surface area contributed by atoms with E-state index < -0.39 is 29.1 Å². The molecule has 1 saturated heterocycles. The number of benzene rings is 2. The number of nitrogens with one attached hydrogen (secondary N) is 1. The van der Waals surface area contributed by atoms with Gasteiger partial charge in [-0.25, -0.2) is 8.78 Å². The molecule has 4 nitrogen and oxygen atoms in total. The molecule has 0 bridgehead atoms. The van der Waals surface area contributed by atoms with Crippen LogP contribution in [-0.2, 0) is 4.79 Å². The highest BCUT2D eigenvalue weighted by molar-refractivity contribution is 5.83. The van der Waals surface area contributed by atoms with Crippen LogP contribution in [0.25, 0.3) is 0 Å². The molecular weight excluding hydrogens is 386 g/mol. The first-order chi connectivity index (χ1) is 14.2. The third-order valence-electron chi connectivity index (χ3n) is 6.18. The Labute approximate surface area is 177 Å². The molecule has 3 rings (SSSR count). The molecule has 0 aromatic heterocycles. The van der Waals surface area contributed by atoms with E-state index in [1.165, 1.54) is 6.07 Å². The molecule has 162 valence electrons. The van der Waals surface area contributed by atoms with Crippen molar-refractivity contribution in [3.8, 4) is 5.75 Å². The Bertz CT molecular complexity index is 895. The first kappa shape index (κ1) is 22.2. The normalized spacial score (nSPS) is 16.9. The zero-order chi connectivity index (χ0) is 21.9. The zero-order valence-corrected chi connectivity index (χ0v) is 18.0. The molecule has 0 saturated carbocycles. The Morgan fingerprint density at radius 3 is 2.40 bits per heavy atom. The maximum absolute atomic E-state index is 14.0. The van der Waals surface area contributed by atoms with Crippen molar-refractivity contribution in [1.82, 2.24) is 10.2 Å². The molecule has 1 aliphatic heterocycles. The summed E-state index contributed by atoms with van der Waals surface area (Å²) in [7, 11) is 1.58. The Morgan fingerprint density at radius 2 is 1.77 bits per heavy atom. The lowest BCUT2D eigenvalue weighted by molar-refractivity contribution is -0.124. The van der Waals surface area contributed by atoms with Crippen molar-refractivity contribution in [2.75, 3.05) is 20.2 Å².